The van der Waals surface area contributed by atoms with Gasteiger partial charge in [0.05, 0.1) is 20.4 Å². The number of benzene rings is 3. The molecule has 0 radical (unpaired) electrons. The second-order valence-electron chi connectivity index (χ2n) is 7.46. The molecule has 0 aliphatic carbocycles. The summed E-state index contributed by atoms with van der Waals surface area (Å²) in [5.41, 5.74) is 8.09. The molecule has 2 heterocycles. The van der Waals surface area contributed by atoms with Crippen LogP contribution in [0.3, 0.4) is 0 Å². The molecule has 174 valence electrons. The van der Waals surface area contributed by atoms with Crippen molar-refractivity contribution in [1.29, 1.82) is 0 Å². The molecule has 13 heteroatoms. The molecule has 0 amide bonds. The van der Waals surface area contributed by atoms with Gasteiger partial charge in [0.2, 0.25) is 0 Å². The van der Waals surface area contributed by atoms with Crippen molar-refractivity contribution >= 4 is 69.0 Å². The van der Waals surface area contributed by atoms with Gasteiger partial charge in [0.1, 0.15) is 19.8 Å². The SMILES string of the molecule is Cc1ccc2nc(-c3ccc4nc(-c5ccc(N)cc5)sc4c3S(=O)(=O)O)sc2c1S(=O)(=O)O. The predicted molar refractivity (Wildman–Crippen MR) is 132 cm³/mol. The molecule has 0 saturated carbocycles. The molecule has 5 aromatic rings. The molecule has 0 unspecified atom stereocenters. The van der Waals surface area contributed by atoms with E-state index in [4.69, 9.17) is 5.73 Å². The molecule has 4 N–H and O–H groups in total. The van der Waals surface area contributed by atoms with E-state index in [1.165, 1.54) is 19.1 Å². The molecule has 3 aromatic carbocycles. The van der Waals surface area contributed by atoms with Gasteiger partial charge in [0, 0.05) is 16.8 Å². The van der Waals surface area contributed by atoms with Gasteiger partial charge in [-0.2, -0.15) is 16.8 Å². The molecule has 0 atom stereocenters. The van der Waals surface area contributed by atoms with Crippen molar-refractivity contribution in [3.8, 4) is 21.1 Å². The number of nitrogens with zero attached hydrogens (tertiary/aromatic N) is 2. The van der Waals surface area contributed by atoms with Gasteiger partial charge in [-0.25, -0.2) is 9.97 Å². The topological polar surface area (TPSA) is 161 Å². The summed E-state index contributed by atoms with van der Waals surface area (Å²) in [6, 6.07) is 13.1. The van der Waals surface area contributed by atoms with Crippen LogP contribution in [-0.4, -0.2) is 35.9 Å². The van der Waals surface area contributed by atoms with Gasteiger partial charge in [-0.05, 0) is 55.0 Å². The average Bonchev–Trinajstić information content (AvgIpc) is 3.35. The number of rotatable bonds is 4. The number of aromatic nitrogens is 2. The number of thiazole rings is 2. The smallest absolute Gasteiger partial charge is 0.296 e. The first-order chi connectivity index (χ1) is 15.9. The van der Waals surface area contributed by atoms with Crippen molar-refractivity contribution in [1.82, 2.24) is 9.97 Å². The monoisotopic (exact) mass is 533 g/mol. The molecule has 0 bridgehead atoms. The molecule has 0 fully saturated rings. The Labute approximate surface area is 202 Å². The fraction of sp³-hybridized carbons (Fsp3) is 0.0476. The van der Waals surface area contributed by atoms with Gasteiger partial charge in [-0.3, -0.25) is 9.11 Å². The van der Waals surface area contributed by atoms with Crippen LogP contribution in [-0.2, 0) is 20.2 Å². The number of hydrogen-bond donors (Lipinski definition) is 3. The summed E-state index contributed by atoms with van der Waals surface area (Å²) in [5.74, 6) is 0. The third-order valence-electron chi connectivity index (χ3n) is 5.13. The maximum Gasteiger partial charge on any atom is 0.296 e. The van der Waals surface area contributed by atoms with Crippen LogP contribution in [0.4, 0.5) is 5.69 Å². The van der Waals surface area contributed by atoms with Crippen LogP contribution in [0.5, 0.6) is 0 Å². The Bertz CT molecular complexity index is 1820. The van der Waals surface area contributed by atoms with E-state index in [0.29, 0.717) is 21.8 Å². The third-order valence-corrected chi connectivity index (χ3v) is 9.63. The largest absolute Gasteiger partial charge is 0.399 e. The van der Waals surface area contributed by atoms with Crippen molar-refractivity contribution < 1.29 is 25.9 Å². The van der Waals surface area contributed by atoms with Crippen LogP contribution >= 0.6 is 22.7 Å². The lowest BCUT2D eigenvalue weighted by atomic mass is 10.2. The minimum atomic E-state index is -4.72. The summed E-state index contributed by atoms with van der Waals surface area (Å²) in [7, 11) is -9.27. The zero-order valence-electron chi connectivity index (χ0n) is 17.3. The normalized spacial score (nSPS) is 12.6. The lowest BCUT2D eigenvalue weighted by Crippen LogP contribution is -2.01. The molecule has 5 rings (SSSR count). The number of hydrogen-bond acceptors (Lipinski definition) is 9. The van der Waals surface area contributed by atoms with Gasteiger partial charge in [0.15, 0.2) is 0 Å². The standard InChI is InChI=1S/C21H15N3O6S4/c1-10-2-8-14-16(18(10)33(25,26)27)32-21(24-14)13-7-9-15-17(19(13)34(28,29)30)31-20(23-15)11-3-5-12(22)6-4-11/h2-9H,22H2,1H3,(H,25,26,27)(H,28,29,30). The van der Waals surface area contributed by atoms with E-state index < -0.39 is 20.2 Å². The van der Waals surface area contributed by atoms with E-state index in [2.05, 4.69) is 9.97 Å². The number of fused-ring (bicyclic) bond motifs is 2. The van der Waals surface area contributed by atoms with Gasteiger partial charge in [-0.15, -0.1) is 22.7 Å². The minimum absolute atomic E-state index is 0.0997. The highest BCUT2D eigenvalue weighted by Gasteiger charge is 2.27. The zero-order chi connectivity index (χ0) is 24.4. The van der Waals surface area contributed by atoms with Gasteiger partial charge < -0.3 is 5.73 Å². The van der Waals surface area contributed by atoms with Crippen LogP contribution in [0.25, 0.3) is 41.6 Å². The molecule has 0 spiro atoms. The number of nitrogen functional groups attached to an aromatic ring is 1. The number of anilines is 1. The molecular weight excluding hydrogens is 519 g/mol. The second-order valence-corrected chi connectivity index (χ2v) is 12.2. The highest BCUT2D eigenvalue weighted by molar-refractivity contribution is 7.86. The maximum absolute atomic E-state index is 12.5. The average molecular weight is 534 g/mol. The van der Waals surface area contributed by atoms with Crippen molar-refractivity contribution in [3.05, 3.63) is 54.1 Å². The first kappa shape index (κ1) is 22.8. The Morgan fingerprint density at radius 3 is 1.88 bits per heavy atom. The Morgan fingerprint density at radius 1 is 0.735 bits per heavy atom. The molecule has 2 aromatic heterocycles. The van der Waals surface area contributed by atoms with Gasteiger partial charge in [0.25, 0.3) is 20.2 Å². The van der Waals surface area contributed by atoms with E-state index in [0.717, 1.165) is 28.2 Å². The summed E-state index contributed by atoms with van der Waals surface area (Å²) in [6.07, 6.45) is 0. The minimum Gasteiger partial charge on any atom is -0.399 e. The van der Waals surface area contributed by atoms with Crippen LogP contribution in [0.15, 0.2) is 58.3 Å². The summed E-state index contributed by atoms with van der Waals surface area (Å²) < 4.78 is 69.1. The summed E-state index contributed by atoms with van der Waals surface area (Å²) in [5, 5.41) is 0.702. The van der Waals surface area contributed by atoms with Crippen LogP contribution in [0.1, 0.15) is 5.56 Å². The summed E-state index contributed by atoms with van der Waals surface area (Å²) >= 11 is 1.99. The van der Waals surface area contributed by atoms with Crippen molar-refractivity contribution in [2.75, 3.05) is 5.73 Å². The Hall–Kier alpha value is -2.94. The van der Waals surface area contributed by atoms with Crippen molar-refractivity contribution in [2.45, 2.75) is 16.7 Å². The van der Waals surface area contributed by atoms with E-state index >= 15 is 0 Å². The first-order valence-corrected chi connectivity index (χ1v) is 14.1. The summed E-state index contributed by atoms with van der Waals surface area (Å²) in [6.45, 7) is 1.54. The fourth-order valence-electron chi connectivity index (χ4n) is 3.64. The van der Waals surface area contributed by atoms with E-state index in [1.54, 1.807) is 36.4 Å². The Morgan fingerprint density at radius 2 is 1.26 bits per heavy atom. The van der Waals surface area contributed by atoms with Crippen molar-refractivity contribution in [2.24, 2.45) is 0 Å². The molecule has 0 aliphatic rings. The van der Waals surface area contributed by atoms with Gasteiger partial charge in [-0.1, -0.05) is 6.07 Å². The Kier molecular flexibility index (Phi) is 5.24. The predicted octanol–water partition coefficient (Wildman–Crippen LogP) is 4.62. The second kappa shape index (κ2) is 7.80. The lowest BCUT2D eigenvalue weighted by molar-refractivity contribution is 0.482. The molecule has 0 aliphatic heterocycles. The fourth-order valence-corrected chi connectivity index (χ4v) is 8.29. The maximum atomic E-state index is 12.5. The van der Waals surface area contributed by atoms with E-state index in [-0.39, 0.29) is 35.3 Å². The van der Waals surface area contributed by atoms with Crippen LogP contribution < -0.4 is 5.73 Å². The van der Waals surface area contributed by atoms with Crippen LogP contribution in [0, 0.1) is 6.92 Å². The van der Waals surface area contributed by atoms with Gasteiger partial charge >= 0.3 is 0 Å². The zero-order valence-corrected chi connectivity index (χ0v) is 20.5. The molecule has 9 nitrogen and oxygen atoms in total. The first-order valence-electron chi connectivity index (χ1n) is 9.58. The van der Waals surface area contributed by atoms with Crippen LogP contribution in [0.2, 0.25) is 0 Å². The molecule has 0 saturated heterocycles. The summed E-state index contributed by atoms with van der Waals surface area (Å²) in [4.78, 5) is 8.23. The molecular formula is C21H15N3O6S4. The quantitative estimate of drug-likeness (QED) is 0.221. The highest BCUT2D eigenvalue weighted by Crippen LogP contribution is 2.42. The third kappa shape index (κ3) is 3.85. The molecule has 34 heavy (non-hydrogen) atoms. The van der Waals surface area contributed by atoms with Crippen molar-refractivity contribution in [3.63, 3.8) is 0 Å². The lowest BCUT2D eigenvalue weighted by Gasteiger charge is -2.05. The van der Waals surface area contributed by atoms with E-state index in [1.807, 2.05) is 0 Å². The highest BCUT2D eigenvalue weighted by atomic mass is 32.2. The number of aryl methyl sites for hydroxylation is 1. The Balaban J connectivity index is 1.79. The van der Waals surface area contributed by atoms with E-state index in [9.17, 15) is 25.9 Å². The number of nitrogens with two attached hydrogens (primary N) is 1.